The van der Waals surface area contributed by atoms with E-state index in [1.54, 1.807) is 19.1 Å². The van der Waals surface area contributed by atoms with Crippen LogP contribution in [0.15, 0.2) is 51.9 Å². The van der Waals surface area contributed by atoms with E-state index < -0.39 is 15.6 Å². The van der Waals surface area contributed by atoms with Crippen LogP contribution in [0, 0.1) is 12.8 Å². The number of amides is 1. The number of aromatic nitrogens is 2. The number of carbonyl (C=O) groups excluding carboxylic acids is 1. The highest BCUT2D eigenvalue weighted by Crippen LogP contribution is 2.36. The molecule has 0 bridgehead atoms. The molecule has 1 aliphatic heterocycles. The van der Waals surface area contributed by atoms with E-state index in [9.17, 15) is 13.2 Å². The second-order valence-corrected chi connectivity index (χ2v) is 11.4. The van der Waals surface area contributed by atoms with E-state index in [-0.39, 0.29) is 11.8 Å². The minimum Gasteiger partial charge on any atom is -0.343 e. The molecular weight excluding hydrogens is 452 g/mol. The maximum Gasteiger partial charge on any atom is 0.243 e. The maximum absolute atomic E-state index is 13.3. The van der Waals surface area contributed by atoms with Crippen LogP contribution in [-0.4, -0.2) is 41.9 Å². The minimum atomic E-state index is -3.61. The molecule has 2 aliphatic rings. The van der Waals surface area contributed by atoms with E-state index in [1.807, 2.05) is 30.3 Å². The molecule has 1 N–H and O–H groups in total. The summed E-state index contributed by atoms with van der Waals surface area (Å²) in [4.78, 5) is 18.0. The number of benzene rings is 2. The number of fused-ring (bicyclic) bond motifs is 1. The van der Waals surface area contributed by atoms with Gasteiger partial charge < -0.3 is 9.84 Å². The Labute approximate surface area is 199 Å². The zero-order valence-corrected chi connectivity index (χ0v) is 20.2. The molecule has 0 unspecified atom stereocenters. The Bertz CT molecular complexity index is 1290. The summed E-state index contributed by atoms with van der Waals surface area (Å²) in [5.41, 5.74) is -0.596. The van der Waals surface area contributed by atoms with Gasteiger partial charge in [-0.05, 0) is 48.6 Å². The number of sulfonamides is 1. The first-order valence-corrected chi connectivity index (χ1v) is 13.4. The molecule has 8 nitrogen and oxygen atoms in total. The van der Waals surface area contributed by atoms with Crippen LogP contribution >= 0.6 is 0 Å². The molecule has 180 valence electrons. The normalized spacial score (nSPS) is 19.8. The van der Waals surface area contributed by atoms with Crippen LogP contribution in [0.5, 0.6) is 0 Å². The Hall–Kier alpha value is -2.78. The number of hydrogen-bond donors (Lipinski definition) is 1. The molecule has 5 rings (SSSR count). The van der Waals surface area contributed by atoms with Gasteiger partial charge >= 0.3 is 0 Å². The maximum atomic E-state index is 13.3. The summed E-state index contributed by atoms with van der Waals surface area (Å²) in [5, 5.41) is 9.27. The highest BCUT2D eigenvalue weighted by Gasteiger charge is 2.42. The lowest BCUT2D eigenvalue weighted by Crippen LogP contribution is -2.51. The molecule has 2 aromatic carbocycles. The molecule has 0 spiro atoms. The van der Waals surface area contributed by atoms with Crippen LogP contribution < -0.4 is 5.32 Å². The molecule has 1 aromatic heterocycles. The van der Waals surface area contributed by atoms with Crippen molar-refractivity contribution < 1.29 is 17.7 Å². The van der Waals surface area contributed by atoms with E-state index in [1.165, 1.54) is 4.31 Å². The number of carbonyl (C=O) groups is 1. The van der Waals surface area contributed by atoms with Crippen molar-refractivity contribution in [3.8, 4) is 0 Å². The van der Waals surface area contributed by atoms with Gasteiger partial charge in [-0.1, -0.05) is 54.8 Å². The fraction of sp³-hybridized carbons (Fsp3) is 0.480. The number of nitrogens with one attached hydrogen (secondary N) is 1. The number of hydrogen-bond acceptors (Lipinski definition) is 6. The van der Waals surface area contributed by atoms with Crippen molar-refractivity contribution >= 4 is 26.7 Å². The Balaban J connectivity index is 1.27. The van der Waals surface area contributed by atoms with Crippen LogP contribution in [0.2, 0.25) is 0 Å². The SMILES string of the molecule is Cc1nc(C2(NC(=O)C3CCN(S(=O)(=O)c4ccc5ccccc5c4)CC3)CCCCC2)no1. The lowest BCUT2D eigenvalue weighted by atomic mass is 9.80. The number of piperidine rings is 1. The summed E-state index contributed by atoms with van der Waals surface area (Å²) in [6, 6.07) is 12.9. The van der Waals surface area contributed by atoms with Gasteiger partial charge in [0.15, 0.2) is 5.82 Å². The van der Waals surface area contributed by atoms with E-state index in [4.69, 9.17) is 4.52 Å². The minimum absolute atomic E-state index is 0.0490. The van der Waals surface area contributed by atoms with Crippen molar-refractivity contribution in [1.29, 1.82) is 0 Å². The van der Waals surface area contributed by atoms with Crippen molar-refractivity contribution in [2.75, 3.05) is 13.1 Å². The number of rotatable bonds is 5. The molecule has 2 fully saturated rings. The van der Waals surface area contributed by atoms with E-state index >= 15 is 0 Å². The lowest BCUT2D eigenvalue weighted by molar-refractivity contribution is -0.129. The molecule has 1 aliphatic carbocycles. The summed E-state index contributed by atoms with van der Waals surface area (Å²) >= 11 is 0. The predicted molar refractivity (Wildman–Crippen MR) is 127 cm³/mol. The molecule has 0 radical (unpaired) electrons. The quantitative estimate of drug-likeness (QED) is 0.591. The largest absolute Gasteiger partial charge is 0.343 e. The topological polar surface area (TPSA) is 105 Å². The van der Waals surface area contributed by atoms with Gasteiger partial charge in [-0.25, -0.2) is 8.42 Å². The first-order chi connectivity index (χ1) is 16.4. The first kappa shape index (κ1) is 23.0. The first-order valence-electron chi connectivity index (χ1n) is 12.0. The van der Waals surface area contributed by atoms with Gasteiger partial charge in [-0.2, -0.15) is 9.29 Å². The summed E-state index contributed by atoms with van der Waals surface area (Å²) < 4.78 is 33.2. The van der Waals surface area contributed by atoms with Gasteiger partial charge in [0.25, 0.3) is 0 Å². The predicted octanol–water partition coefficient (Wildman–Crippen LogP) is 3.91. The van der Waals surface area contributed by atoms with Crippen molar-refractivity contribution in [2.24, 2.45) is 5.92 Å². The molecule has 0 atom stereocenters. The highest BCUT2D eigenvalue weighted by molar-refractivity contribution is 7.89. The summed E-state index contributed by atoms with van der Waals surface area (Å²) in [6.07, 6.45) is 5.66. The molecule has 1 saturated heterocycles. The zero-order chi connectivity index (χ0) is 23.8. The summed E-state index contributed by atoms with van der Waals surface area (Å²) in [5.74, 6) is 0.748. The second-order valence-electron chi connectivity index (χ2n) is 9.46. The van der Waals surface area contributed by atoms with Crippen molar-refractivity contribution in [1.82, 2.24) is 19.8 Å². The van der Waals surface area contributed by atoms with Gasteiger partial charge in [0.05, 0.1) is 4.90 Å². The fourth-order valence-corrected chi connectivity index (χ4v) is 6.73. The van der Waals surface area contributed by atoms with Gasteiger partial charge in [-0.15, -0.1) is 0 Å². The van der Waals surface area contributed by atoms with E-state index in [0.29, 0.717) is 42.5 Å². The van der Waals surface area contributed by atoms with Crippen LogP contribution in [0.1, 0.15) is 56.7 Å². The van der Waals surface area contributed by atoms with Gasteiger partial charge in [0, 0.05) is 25.9 Å². The average molecular weight is 483 g/mol. The monoisotopic (exact) mass is 482 g/mol. The Morgan fingerprint density at radius 2 is 1.76 bits per heavy atom. The van der Waals surface area contributed by atoms with Crippen LogP contribution in [-0.2, 0) is 20.4 Å². The Morgan fingerprint density at radius 3 is 2.44 bits per heavy atom. The van der Waals surface area contributed by atoms with Gasteiger partial charge in [0.1, 0.15) is 5.54 Å². The lowest BCUT2D eigenvalue weighted by Gasteiger charge is -2.38. The van der Waals surface area contributed by atoms with Crippen molar-refractivity contribution in [2.45, 2.75) is 62.3 Å². The number of aryl methyl sites for hydroxylation is 1. The fourth-order valence-electron chi connectivity index (χ4n) is 5.23. The van der Waals surface area contributed by atoms with Crippen LogP contribution in [0.25, 0.3) is 10.8 Å². The molecule has 9 heteroatoms. The number of nitrogens with zero attached hydrogens (tertiary/aromatic N) is 3. The summed E-state index contributed by atoms with van der Waals surface area (Å²) in [6.45, 7) is 2.39. The third-order valence-corrected chi connectivity index (χ3v) is 9.10. The van der Waals surface area contributed by atoms with Crippen LogP contribution in [0.4, 0.5) is 0 Å². The van der Waals surface area contributed by atoms with Gasteiger partial charge in [-0.3, -0.25) is 4.79 Å². The Morgan fingerprint density at radius 1 is 1.06 bits per heavy atom. The molecule has 3 aromatic rings. The standard InChI is InChI=1S/C25H30N4O4S/c1-18-26-24(28-33-18)25(13-5-2-6-14-25)27-23(30)20-11-15-29(16-12-20)34(31,32)22-10-9-19-7-3-4-8-21(19)17-22/h3-4,7-10,17,20H,2,5-6,11-16H2,1H3,(H,27,30). The van der Waals surface area contributed by atoms with E-state index in [2.05, 4.69) is 15.5 Å². The second kappa shape index (κ2) is 9.11. The summed E-state index contributed by atoms with van der Waals surface area (Å²) in [7, 11) is -3.61. The van der Waals surface area contributed by atoms with E-state index in [0.717, 1.165) is 42.9 Å². The van der Waals surface area contributed by atoms with Crippen molar-refractivity contribution in [3.63, 3.8) is 0 Å². The third kappa shape index (κ3) is 4.34. The third-order valence-electron chi connectivity index (χ3n) is 7.21. The van der Waals surface area contributed by atoms with Crippen molar-refractivity contribution in [3.05, 3.63) is 54.2 Å². The molecule has 1 amide bonds. The molecular formula is C25H30N4O4S. The molecule has 1 saturated carbocycles. The smallest absolute Gasteiger partial charge is 0.243 e. The van der Waals surface area contributed by atoms with Crippen LogP contribution in [0.3, 0.4) is 0 Å². The molecule has 2 heterocycles. The average Bonchev–Trinajstić information content (AvgIpc) is 3.31. The highest BCUT2D eigenvalue weighted by atomic mass is 32.2. The van der Waals surface area contributed by atoms with Gasteiger partial charge in [0.2, 0.25) is 21.8 Å². The molecule has 34 heavy (non-hydrogen) atoms. The zero-order valence-electron chi connectivity index (χ0n) is 19.4. The Kier molecular flexibility index (Phi) is 6.16.